The van der Waals surface area contributed by atoms with E-state index in [0.29, 0.717) is 29.3 Å². The van der Waals surface area contributed by atoms with E-state index in [-0.39, 0.29) is 11.6 Å². The van der Waals surface area contributed by atoms with Gasteiger partial charge in [0.2, 0.25) is 0 Å². The summed E-state index contributed by atoms with van der Waals surface area (Å²) in [6.07, 6.45) is 3.06. The number of aromatic nitrogens is 1. The van der Waals surface area contributed by atoms with Crippen LogP contribution in [0.5, 0.6) is 0 Å². The molecule has 21 heavy (non-hydrogen) atoms. The summed E-state index contributed by atoms with van der Waals surface area (Å²) >= 11 is 0. The van der Waals surface area contributed by atoms with Gasteiger partial charge >= 0.3 is 5.97 Å². The molecule has 0 radical (unpaired) electrons. The number of aryl methyl sites for hydroxylation is 1. The smallest absolute Gasteiger partial charge is 0.352 e. The van der Waals surface area contributed by atoms with E-state index in [4.69, 9.17) is 9.84 Å². The monoisotopic (exact) mass is 294 g/mol. The number of H-pyrrole nitrogens is 1. The summed E-state index contributed by atoms with van der Waals surface area (Å²) in [5.41, 5.74) is 1.60. The number of carboxylic acid groups (broad SMARTS) is 1. The first-order chi connectivity index (χ1) is 10.0. The summed E-state index contributed by atoms with van der Waals surface area (Å²) in [6.45, 7) is 5.63. The number of hydrogen-bond donors (Lipinski definition) is 3. The molecule has 0 saturated carbocycles. The van der Waals surface area contributed by atoms with Gasteiger partial charge in [-0.25, -0.2) is 4.79 Å². The number of carbonyl (C=O) groups is 2. The molecule has 1 aliphatic heterocycles. The minimum atomic E-state index is -1.05. The fourth-order valence-corrected chi connectivity index (χ4v) is 2.80. The standard InChI is InChI=1S/C15H22N2O4/c1-9-12(10(2)17-13(9)15(19)20)14(18)16-6-3-4-11-5-7-21-8-11/h11,17H,3-8H2,1-2H3,(H,16,18)(H,19,20). The summed E-state index contributed by atoms with van der Waals surface area (Å²) in [6, 6.07) is 0. The summed E-state index contributed by atoms with van der Waals surface area (Å²) in [5.74, 6) is -0.649. The highest BCUT2D eigenvalue weighted by Crippen LogP contribution is 2.19. The molecule has 2 rings (SSSR count). The molecule has 6 heteroatoms. The Morgan fingerprint density at radius 1 is 1.43 bits per heavy atom. The van der Waals surface area contributed by atoms with Crippen molar-refractivity contribution in [3.63, 3.8) is 0 Å². The van der Waals surface area contributed by atoms with E-state index in [9.17, 15) is 9.59 Å². The summed E-state index contributed by atoms with van der Waals surface area (Å²) in [5, 5.41) is 11.9. The van der Waals surface area contributed by atoms with Crippen molar-refractivity contribution in [2.45, 2.75) is 33.1 Å². The van der Waals surface area contributed by atoms with Crippen LogP contribution in [0.1, 0.15) is 51.4 Å². The first-order valence-corrected chi connectivity index (χ1v) is 7.29. The van der Waals surface area contributed by atoms with Gasteiger partial charge in [-0.2, -0.15) is 0 Å². The molecular weight excluding hydrogens is 272 g/mol. The van der Waals surface area contributed by atoms with Crippen LogP contribution >= 0.6 is 0 Å². The molecule has 1 aromatic rings. The van der Waals surface area contributed by atoms with E-state index in [1.807, 2.05) is 0 Å². The third-order valence-corrected chi connectivity index (χ3v) is 3.98. The predicted molar refractivity (Wildman–Crippen MR) is 77.7 cm³/mol. The molecule has 1 fully saturated rings. The van der Waals surface area contributed by atoms with Gasteiger partial charge in [0.05, 0.1) is 5.56 Å². The second kappa shape index (κ2) is 6.76. The SMILES string of the molecule is Cc1[nH]c(C(=O)O)c(C)c1C(=O)NCCCC1CCOC1. The van der Waals surface area contributed by atoms with Gasteiger partial charge in [0.25, 0.3) is 5.91 Å². The fraction of sp³-hybridized carbons (Fsp3) is 0.600. The Balaban J connectivity index is 1.86. The molecule has 116 valence electrons. The van der Waals surface area contributed by atoms with Gasteiger partial charge in [-0.3, -0.25) is 4.79 Å². The van der Waals surface area contributed by atoms with Crippen LogP contribution in [0.15, 0.2) is 0 Å². The van der Waals surface area contributed by atoms with Gasteiger partial charge in [0, 0.05) is 25.5 Å². The van der Waals surface area contributed by atoms with Crippen LogP contribution in [0.4, 0.5) is 0 Å². The Bertz CT molecular complexity index is 530. The molecule has 1 unspecified atom stereocenters. The van der Waals surface area contributed by atoms with E-state index >= 15 is 0 Å². The predicted octanol–water partition coefficient (Wildman–Crippen LogP) is 1.88. The minimum absolute atomic E-state index is 0.0840. The highest BCUT2D eigenvalue weighted by atomic mass is 16.5. The van der Waals surface area contributed by atoms with Gasteiger partial charge in [-0.15, -0.1) is 0 Å². The van der Waals surface area contributed by atoms with Gasteiger partial charge in [0.1, 0.15) is 5.69 Å². The van der Waals surface area contributed by atoms with Gasteiger partial charge in [-0.1, -0.05) is 0 Å². The fourth-order valence-electron chi connectivity index (χ4n) is 2.80. The zero-order valence-corrected chi connectivity index (χ0v) is 12.5. The van der Waals surface area contributed by atoms with Crippen molar-refractivity contribution in [2.24, 2.45) is 5.92 Å². The first kappa shape index (κ1) is 15.6. The average Bonchev–Trinajstić information content (AvgIpc) is 3.03. The third kappa shape index (κ3) is 3.64. The molecule has 0 aliphatic carbocycles. The second-order valence-electron chi connectivity index (χ2n) is 5.56. The summed E-state index contributed by atoms with van der Waals surface area (Å²) < 4.78 is 5.31. The first-order valence-electron chi connectivity index (χ1n) is 7.29. The number of aromatic amines is 1. The zero-order valence-electron chi connectivity index (χ0n) is 12.5. The van der Waals surface area contributed by atoms with Crippen molar-refractivity contribution < 1.29 is 19.4 Å². The molecule has 1 aliphatic rings. The van der Waals surface area contributed by atoms with E-state index < -0.39 is 5.97 Å². The quantitative estimate of drug-likeness (QED) is 0.699. The number of carbonyl (C=O) groups excluding carboxylic acids is 1. The lowest BCUT2D eigenvalue weighted by Crippen LogP contribution is -2.26. The Labute approximate surface area is 123 Å². The number of amides is 1. The maximum absolute atomic E-state index is 12.2. The molecular formula is C15H22N2O4. The van der Waals surface area contributed by atoms with E-state index in [1.165, 1.54) is 0 Å². The van der Waals surface area contributed by atoms with Crippen LogP contribution < -0.4 is 5.32 Å². The maximum atomic E-state index is 12.2. The lowest BCUT2D eigenvalue weighted by Gasteiger charge is -2.09. The average molecular weight is 294 g/mol. The summed E-state index contributed by atoms with van der Waals surface area (Å²) in [4.78, 5) is 26.0. The van der Waals surface area contributed by atoms with Crippen molar-refractivity contribution in [2.75, 3.05) is 19.8 Å². The van der Waals surface area contributed by atoms with Crippen molar-refractivity contribution in [3.05, 3.63) is 22.5 Å². The number of carboxylic acids is 1. The van der Waals surface area contributed by atoms with Crippen molar-refractivity contribution in [3.8, 4) is 0 Å². The van der Waals surface area contributed by atoms with Gasteiger partial charge in [-0.05, 0) is 44.6 Å². The Kier molecular flexibility index (Phi) is 5.01. The lowest BCUT2D eigenvalue weighted by atomic mass is 10.0. The van der Waals surface area contributed by atoms with Crippen LogP contribution in [0.25, 0.3) is 0 Å². The summed E-state index contributed by atoms with van der Waals surface area (Å²) in [7, 11) is 0. The molecule has 3 N–H and O–H groups in total. The van der Waals surface area contributed by atoms with Crippen molar-refractivity contribution in [1.29, 1.82) is 0 Å². The number of nitrogens with one attached hydrogen (secondary N) is 2. The van der Waals surface area contributed by atoms with Crippen LogP contribution in [0.2, 0.25) is 0 Å². The number of rotatable bonds is 6. The molecule has 0 aromatic carbocycles. The molecule has 1 atom stereocenters. The topological polar surface area (TPSA) is 91.4 Å². The molecule has 1 aromatic heterocycles. The molecule has 0 bridgehead atoms. The lowest BCUT2D eigenvalue weighted by molar-refractivity contribution is 0.0690. The normalized spacial score (nSPS) is 17.9. The Hall–Kier alpha value is -1.82. The highest BCUT2D eigenvalue weighted by molar-refractivity contribution is 6.00. The molecule has 0 spiro atoms. The Morgan fingerprint density at radius 2 is 2.19 bits per heavy atom. The van der Waals surface area contributed by atoms with Crippen LogP contribution in [0.3, 0.4) is 0 Å². The van der Waals surface area contributed by atoms with E-state index in [2.05, 4.69) is 10.3 Å². The van der Waals surface area contributed by atoms with Crippen LogP contribution in [0, 0.1) is 19.8 Å². The maximum Gasteiger partial charge on any atom is 0.352 e. The van der Waals surface area contributed by atoms with Crippen molar-refractivity contribution in [1.82, 2.24) is 10.3 Å². The number of hydrogen-bond acceptors (Lipinski definition) is 3. The zero-order chi connectivity index (χ0) is 15.4. The van der Waals surface area contributed by atoms with Crippen LogP contribution in [-0.2, 0) is 4.74 Å². The van der Waals surface area contributed by atoms with E-state index in [0.717, 1.165) is 32.5 Å². The molecule has 2 heterocycles. The third-order valence-electron chi connectivity index (χ3n) is 3.98. The number of ether oxygens (including phenoxy) is 1. The largest absolute Gasteiger partial charge is 0.477 e. The molecule has 1 amide bonds. The molecule has 6 nitrogen and oxygen atoms in total. The van der Waals surface area contributed by atoms with Gasteiger partial charge in [0.15, 0.2) is 0 Å². The highest BCUT2D eigenvalue weighted by Gasteiger charge is 2.21. The van der Waals surface area contributed by atoms with Crippen LogP contribution in [-0.4, -0.2) is 41.7 Å². The molecule has 1 saturated heterocycles. The van der Waals surface area contributed by atoms with Crippen molar-refractivity contribution >= 4 is 11.9 Å². The van der Waals surface area contributed by atoms with Gasteiger partial charge < -0.3 is 20.1 Å². The number of aromatic carboxylic acids is 1. The second-order valence-corrected chi connectivity index (χ2v) is 5.56. The Morgan fingerprint density at radius 3 is 2.76 bits per heavy atom. The minimum Gasteiger partial charge on any atom is -0.477 e. The van der Waals surface area contributed by atoms with E-state index in [1.54, 1.807) is 13.8 Å².